The van der Waals surface area contributed by atoms with Crippen LogP contribution in [-0.2, 0) is 18.3 Å². The van der Waals surface area contributed by atoms with Crippen LogP contribution in [-0.4, -0.2) is 40.4 Å². The van der Waals surface area contributed by atoms with E-state index in [0.717, 1.165) is 11.7 Å². The minimum Gasteiger partial charge on any atom is -0.383 e. The van der Waals surface area contributed by atoms with Crippen molar-refractivity contribution >= 4 is 13.6 Å². The Bertz CT molecular complexity index is 611. The molecule has 21 heavy (non-hydrogen) atoms. The van der Waals surface area contributed by atoms with Crippen molar-refractivity contribution in [2.24, 2.45) is 0 Å². The first-order valence-corrected chi connectivity index (χ1v) is 7.49. The molecule has 11 heteroatoms. The molecule has 0 saturated carbocycles. The molecule has 1 saturated heterocycles. The summed E-state index contributed by atoms with van der Waals surface area (Å²) in [5.41, 5.74) is 4.61. The molecule has 1 aliphatic rings. The number of hydrogen-bond donors (Lipinski definition) is 2. The Morgan fingerprint density at radius 1 is 1.71 bits per heavy atom. The Morgan fingerprint density at radius 3 is 3.05 bits per heavy atom. The maximum absolute atomic E-state index is 13.9. The van der Waals surface area contributed by atoms with Gasteiger partial charge in [0.1, 0.15) is 12.0 Å². The summed E-state index contributed by atoms with van der Waals surface area (Å²) in [5, 5.41) is 0. The Hall–Kier alpha value is -1.32. The molecule has 4 atom stereocenters. The van der Waals surface area contributed by atoms with Crippen LogP contribution in [0.4, 0.5) is 10.2 Å². The number of nitrogens with two attached hydrogens (primary N) is 1. The van der Waals surface area contributed by atoms with Gasteiger partial charge in [0.15, 0.2) is 6.23 Å². The molecule has 1 aliphatic heterocycles. The highest BCUT2D eigenvalue weighted by Gasteiger charge is 2.38. The average molecular weight is 323 g/mol. The second-order valence-corrected chi connectivity index (χ2v) is 5.95. The van der Waals surface area contributed by atoms with Crippen LogP contribution in [0.1, 0.15) is 12.6 Å². The number of phosphoric acid groups is 1. The summed E-state index contributed by atoms with van der Waals surface area (Å²) in [6.07, 6.45) is -2.27. The van der Waals surface area contributed by atoms with Crippen LogP contribution < -0.4 is 11.4 Å². The lowest BCUT2D eigenvalue weighted by molar-refractivity contribution is -0.0393. The van der Waals surface area contributed by atoms with Gasteiger partial charge in [-0.3, -0.25) is 13.6 Å². The van der Waals surface area contributed by atoms with Crippen molar-refractivity contribution in [3.05, 3.63) is 22.7 Å². The predicted octanol–water partition coefficient (Wildman–Crippen LogP) is 0.215. The zero-order chi connectivity index (χ0) is 15.6. The normalized spacial score (nSPS) is 28.4. The SMILES string of the molecule is COP(=O)(O)OCC1CC(F)C(n2ccc(N)nc2=O)O1. The second-order valence-electron chi connectivity index (χ2n) is 4.39. The van der Waals surface area contributed by atoms with Crippen LogP contribution >= 0.6 is 7.82 Å². The summed E-state index contributed by atoms with van der Waals surface area (Å²) >= 11 is 0. The first kappa shape index (κ1) is 16.1. The molecule has 0 amide bonds. The van der Waals surface area contributed by atoms with Gasteiger partial charge in [0.25, 0.3) is 0 Å². The van der Waals surface area contributed by atoms with E-state index in [1.807, 2.05) is 0 Å². The summed E-state index contributed by atoms with van der Waals surface area (Å²) < 4.78 is 40.2. The first-order valence-electron chi connectivity index (χ1n) is 5.99. The molecule has 2 rings (SSSR count). The molecule has 2 heterocycles. The maximum Gasteiger partial charge on any atom is 0.472 e. The summed E-state index contributed by atoms with van der Waals surface area (Å²) in [6.45, 7) is -0.338. The van der Waals surface area contributed by atoms with Crippen molar-refractivity contribution in [2.45, 2.75) is 24.9 Å². The first-order chi connectivity index (χ1) is 9.82. The minimum atomic E-state index is -4.15. The molecule has 1 fully saturated rings. The number of ether oxygens (including phenoxy) is 1. The van der Waals surface area contributed by atoms with Crippen molar-refractivity contribution in [3.8, 4) is 0 Å². The molecule has 0 aromatic carbocycles. The smallest absolute Gasteiger partial charge is 0.383 e. The van der Waals surface area contributed by atoms with Gasteiger partial charge in [-0.25, -0.2) is 13.8 Å². The molecule has 9 nitrogen and oxygen atoms in total. The van der Waals surface area contributed by atoms with Crippen LogP contribution in [0.2, 0.25) is 0 Å². The summed E-state index contributed by atoms with van der Waals surface area (Å²) in [7, 11) is -3.14. The van der Waals surface area contributed by atoms with Crippen molar-refractivity contribution < 1.29 is 27.6 Å². The van der Waals surface area contributed by atoms with Crippen molar-refractivity contribution in [3.63, 3.8) is 0 Å². The molecule has 3 N–H and O–H groups in total. The third kappa shape index (κ3) is 3.86. The molecule has 0 radical (unpaired) electrons. The summed E-state index contributed by atoms with van der Waals surface area (Å²) in [5.74, 6) is 0.0193. The predicted molar refractivity (Wildman–Crippen MR) is 69.1 cm³/mol. The van der Waals surface area contributed by atoms with Gasteiger partial charge in [-0.15, -0.1) is 0 Å². The summed E-state index contributed by atoms with van der Waals surface area (Å²) in [4.78, 5) is 24.2. The zero-order valence-electron chi connectivity index (χ0n) is 11.1. The van der Waals surface area contributed by atoms with Crippen LogP contribution in [0.15, 0.2) is 17.1 Å². The highest BCUT2D eigenvalue weighted by molar-refractivity contribution is 7.47. The van der Waals surface area contributed by atoms with E-state index >= 15 is 0 Å². The summed E-state index contributed by atoms with van der Waals surface area (Å²) in [6, 6.07) is 1.34. The van der Waals surface area contributed by atoms with E-state index in [4.69, 9.17) is 15.4 Å². The topological polar surface area (TPSA) is 126 Å². The largest absolute Gasteiger partial charge is 0.472 e. The fourth-order valence-electron chi connectivity index (χ4n) is 1.90. The van der Waals surface area contributed by atoms with Gasteiger partial charge in [-0.1, -0.05) is 0 Å². The molecule has 0 aliphatic carbocycles. The lowest BCUT2D eigenvalue weighted by Gasteiger charge is -2.17. The molecular formula is C10H15FN3O6P. The number of anilines is 1. The van der Waals surface area contributed by atoms with Crippen LogP contribution in [0.3, 0.4) is 0 Å². The number of hydrogen-bond acceptors (Lipinski definition) is 7. The van der Waals surface area contributed by atoms with Crippen LogP contribution in [0.25, 0.3) is 0 Å². The van der Waals surface area contributed by atoms with Gasteiger partial charge in [0, 0.05) is 19.7 Å². The number of alkyl halides is 1. The monoisotopic (exact) mass is 323 g/mol. The Labute approximate surface area is 119 Å². The number of phosphoric ester groups is 1. The number of rotatable bonds is 5. The third-order valence-electron chi connectivity index (χ3n) is 2.91. The standard InChI is InChI=1S/C10H15FN3O6P/c1-18-21(16,17)19-5-6-4-7(11)9(20-6)14-3-2-8(12)13-10(14)15/h2-3,6-7,9H,4-5H2,1H3,(H,16,17)(H2,12,13,15). The Kier molecular flexibility index (Phi) is 4.74. The van der Waals surface area contributed by atoms with Crippen molar-refractivity contribution in [1.29, 1.82) is 0 Å². The molecule has 4 unspecified atom stereocenters. The van der Waals surface area contributed by atoms with Gasteiger partial charge in [-0.05, 0) is 6.07 Å². The molecular weight excluding hydrogens is 308 g/mol. The number of aromatic nitrogens is 2. The third-order valence-corrected chi connectivity index (χ3v) is 3.85. The number of halogens is 1. The van der Waals surface area contributed by atoms with E-state index in [1.165, 1.54) is 12.3 Å². The van der Waals surface area contributed by atoms with Gasteiger partial charge < -0.3 is 15.4 Å². The van der Waals surface area contributed by atoms with Gasteiger partial charge in [0.2, 0.25) is 0 Å². The van der Waals surface area contributed by atoms with E-state index in [0.29, 0.717) is 0 Å². The van der Waals surface area contributed by atoms with Crippen molar-refractivity contribution in [1.82, 2.24) is 9.55 Å². The van der Waals surface area contributed by atoms with Crippen molar-refractivity contribution in [2.75, 3.05) is 19.5 Å². The quantitative estimate of drug-likeness (QED) is 0.737. The van der Waals surface area contributed by atoms with Crippen LogP contribution in [0.5, 0.6) is 0 Å². The molecule has 118 valence electrons. The maximum atomic E-state index is 13.9. The van der Waals surface area contributed by atoms with Gasteiger partial charge in [0.05, 0.1) is 12.7 Å². The fraction of sp³-hybridized carbons (Fsp3) is 0.600. The second kappa shape index (κ2) is 6.20. The fourth-order valence-corrected chi connectivity index (χ4v) is 2.36. The minimum absolute atomic E-state index is 0.0193. The molecule has 0 spiro atoms. The molecule has 1 aromatic rings. The van der Waals surface area contributed by atoms with Gasteiger partial charge >= 0.3 is 13.5 Å². The van der Waals surface area contributed by atoms with E-state index in [-0.39, 0.29) is 18.8 Å². The average Bonchev–Trinajstić information content (AvgIpc) is 2.78. The lowest BCUT2D eigenvalue weighted by Crippen LogP contribution is -2.30. The molecule has 0 bridgehead atoms. The van der Waals surface area contributed by atoms with E-state index in [9.17, 15) is 13.8 Å². The van der Waals surface area contributed by atoms with E-state index in [2.05, 4.69) is 14.0 Å². The van der Waals surface area contributed by atoms with Gasteiger partial charge in [-0.2, -0.15) is 4.98 Å². The van der Waals surface area contributed by atoms with Crippen LogP contribution in [0, 0.1) is 0 Å². The highest BCUT2D eigenvalue weighted by Crippen LogP contribution is 2.43. The lowest BCUT2D eigenvalue weighted by atomic mass is 10.2. The number of nitrogen functional groups attached to an aromatic ring is 1. The van der Waals surface area contributed by atoms with E-state index < -0.39 is 32.0 Å². The van der Waals surface area contributed by atoms with E-state index in [1.54, 1.807) is 0 Å². The Morgan fingerprint density at radius 2 is 2.43 bits per heavy atom. The Balaban J connectivity index is 2.04. The zero-order valence-corrected chi connectivity index (χ0v) is 12.0. The highest BCUT2D eigenvalue weighted by atomic mass is 31.2. The number of nitrogens with zero attached hydrogens (tertiary/aromatic N) is 2. The molecule has 1 aromatic heterocycles.